The van der Waals surface area contributed by atoms with Crippen LogP contribution in [-0.4, -0.2) is 12.4 Å². The molecular weight excluding hydrogens is 248 g/mol. The van der Waals surface area contributed by atoms with Crippen molar-refractivity contribution in [2.45, 2.75) is 51.7 Å². The molecule has 0 amide bonds. The summed E-state index contributed by atoms with van der Waals surface area (Å²) in [6.07, 6.45) is 10.4. The molecule has 2 nitrogen and oxygen atoms in total. The van der Waals surface area contributed by atoms with Crippen LogP contribution in [0.2, 0.25) is 0 Å². The van der Waals surface area contributed by atoms with Gasteiger partial charge in [0.15, 0.2) is 0 Å². The summed E-state index contributed by atoms with van der Waals surface area (Å²) in [5.41, 5.74) is 2.63. The molecule has 0 N–H and O–H groups in total. The SMILES string of the molecule is CCc1ccc(CO[C@H]2CC[C@H](C=CC=O)CC2)cc1. The van der Waals surface area contributed by atoms with Crippen LogP contribution in [0.5, 0.6) is 0 Å². The molecule has 0 unspecified atom stereocenters. The van der Waals surface area contributed by atoms with E-state index in [-0.39, 0.29) is 0 Å². The first-order valence-electron chi connectivity index (χ1n) is 7.63. The lowest BCUT2D eigenvalue weighted by Crippen LogP contribution is -2.20. The quantitative estimate of drug-likeness (QED) is 0.576. The monoisotopic (exact) mass is 272 g/mol. The molecule has 2 rings (SSSR count). The highest BCUT2D eigenvalue weighted by molar-refractivity contribution is 5.64. The number of carbonyl (C=O) groups is 1. The Morgan fingerprint density at radius 2 is 1.75 bits per heavy atom. The molecule has 0 atom stereocenters. The van der Waals surface area contributed by atoms with Crippen molar-refractivity contribution in [3.05, 3.63) is 47.5 Å². The Labute approximate surface area is 121 Å². The highest BCUT2D eigenvalue weighted by Crippen LogP contribution is 2.27. The second-order valence-electron chi connectivity index (χ2n) is 5.54. The molecule has 1 aliphatic carbocycles. The first-order valence-corrected chi connectivity index (χ1v) is 7.63. The summed E-state index contributed by atoms with van der Waals surface area (Å²) in [6, 6.07) is 8.69. The molecule has 108 valence electrons. The lowest BCUT2D eigenvalue weighted by molar-refractivity contribution is -0.104. The predicted octanol–water partition coefficient (Wildman–Crippen LogP) is 4.08. The first kappa shape index (κ1) is 15.0. The normalized spacial score (nSPS) is 23.1. The molecule has 0 bridgehead atoms. The van der Waals surface area contributed by atoms with E-state index in [4.69, 9.17) is 4.74 Å². The number of carbonyl (C=O) groups excluding carboxylic acids is 1. The fourth-order valence-corrected chi connectivity index (χ4v) is 2.74. The van der Waals surface area contributed by atoms with Gasteiger partial charge in [0.05, 0.1) is 12.7 Å². The highest BCUT2D eigenvalue weighted by atomic mass is 16.5. The van der Waals surface area contributed by atoms with Crippen LogP contribution in [0.15, 0.2) is 36.4 Å². The molecule has 0 spiro atoms. The third-order valence-corrected chi connectivity index (χ3v) is 4.10. The van der Waals surface area contributed by atoms with Gasteiger partial charge in [0, 0.05) is 0 Å². The van der Waals surface area contributed by atoms with Gasteiger partial charge < -0.3 is 4.74 Å². The third-order valence-electron chi connectivity index (χ3n) is 4.10. The third kappa shape index (κ3) is 4.61. The van der Waals surface area contributed by atoms with Gasteiger partial charge in [-0.2, -0.15) is 0 Å². The second kappa shape index (κ2) is 8.01. The average Bonchev–Trinajstić information content (AvgIpc) is 2.52. The highest BCUT2D eigenvalue weighted by Gasteiger charge is 2.19. The zero-order chi connectivity index (χ0) is 14.2. The van der Waals surface area contributed by atoms with Crippen molar-refractivity contribution in [3.63, 3.8) is 0 Å². The minimum atomic E-state index is 0.377. The summed E-state index contributed by atoms with van der Waals surface area (Å²) in [7, 11) is 0. The number of rotatable bonds is 6. The minimum Gasteiger partial charge on any atom is -0.374 e. The van der Waals surface area contributed by atoms with Crippen LogP contribution in [-0.2, 0) is 22.6 Å². The van der Waals surface area contributed by atoms with Gasteiger partial charge in [-0.1, -0.05) is 37.3 Å². The van der Waals surface area contributed by atoms with E-state index in [2.05, 4.69) is 31.2 Å². The van der Waals surface area contributed by atoms with Gasteiger partial charge in [-0.15, -0.1) is 0 Å². The standard InChI is InChI=1S/C18H24O2/c1-2-15-5-7-17(8-6-15)14-20-18-11-9-16(10-12-18)4-3-13-19/h3-8,13,16,18H,2,9-12,14H2,1H3/t16-,18-. The summed E-state index contributed by atoms with van der Waals surface area (Å²) in [6.45, 7) is 2.88. The molecule has 0 radical (unpaired) electrons. The molecule has 0 saturated heterocycles. The number of ether oxygens (including phenoxy) is 1. The predicted molar refractivity (Wildman–Crippen MR) is 81.6 cm³/mol. The lowest BCUT2D eigenvalue weighted by atomic mass is 9.87. The minimum absolute atomic E-state index is 0.377. The van der Waals surface area contributed by atoms with Crippen molar-refractivity contribution < 1.29 is 9.53 Å². The van der Waals surface area contributed by atoms with Gasteiger partial charge in [0.1, 0.15) is 6.29 Å². The van der Waals surface area contributed by atoms with Crippen LogP contribution in [0.3, 0.4) is 0 Å². The fraction of sp³-hybridized carbons (Fsp3) is 0.500. The van der Waals surface area contributed by atoms with E-state index in [9.17, 15) is 4.79 Å². The van der Waals surface area contributed by atoms with Crippen LogP contribution in [0.25, 0.3) is 0 Å². The van der Waals surface area contributed by atoms with E-state index in [1.807, 2.05) is 6.08 Å². The smallest absolute Gasteiger partial charge is 0.142 e. The molecule has 1 aromatic carbocycles. The molecule has 1 saturated carbocycles. The summed E-state index contributed by atoms with van der Waals surface area (Å²) in [5, 5.41) is 0. The largest absolute Gasteiger partial charge is 0.374 e. The van der Waals surface area contributed by atoms with E-state index in [0.29, 0.717) is 18.6 Å². The van der Waals surface area contributed by atoms with Crippen molar-refractivity contribution >= 4 is 6.29 Å². The van der Waals surface area contributed by atoms with Gasteiger partial charge >= 0.3 is 0 Å². The van der Waals surface area contributed by atoms with Crippen LogP contribution in [0.1, 0.15) is 43.7 Å². The lowest BCUT2D eigenvalue weighted by Gasteiger charge is -2.26. The van der Waals surface area contributed by atoms with Crippen LogP contribution >= 0.6 is 0 Å². The maximum Gasteiger partial charge on any atom is 0.142 e. The van der Waals surface area contributed by atoms with E-state index in [1.165, 1.54) is 11.1 Å². The Balaban J connectivity index is 1.72. The number of hydrogen-bond acceptors (Lipinski definition) is 2. The number of benzene rings is 1. The van der Waals surface area contributed by atoms with E-state index < -0.39 is 0 Å². The van der Waals surface area contributed by atoms with E-state index in [1.54, 1.807) is 6.08 Å². The Hall–Kier alpha value is -1.41. The van der Waals surface area contributed by atoms with Crippen LogP contribution < -0.4 is 0 Å². The number of hydrogen-bond donors (Lipinski definition) is 0. The summed E-state index contributed by atoms with van der Waals surface area (Å²) in [4.78, 5) is 10.3. The maximum absolute atomic E-state index is 10.3. The Kier molecular flexibility index (Phi) is 6.00. The Morgan fingerprint density at radius 3 is 2.35 bits per heavy atom. The second-order valence-corrected chi connectivity index (χ2v) is 5.54. The number of aryl methyl sites for hydroxylation is 1. The van der Waals surface area contributed by atoms with Gasteiger partial charge in [0.2, 0.25) is 0 Å². The Morgan fingerprint density at radius 1 is 1.10 bits per heavy atom. The number of allylic oxidation sites excluding steroid dienone is 2. The van der Waals surface area contributed by atoms with Gasteiger partial charge in [-0.05, 0) is 55.2 Å². The molecule has 1 aromatic rings. The Bertz CT molecular complexity index is 425. The van der Waals surface area contributed by atoms with Gasteiger partial charge in [-0.25, -0.2) is 0 Å². The van der Waals surface area contributed by atoms with E-state index in [0.717, 1.165) is 38.4 Å². The maximum atomic E-state index is 10.3. The van der Waals surface area contributed by atoms with Crippen molar-refractivity contribution in [2.75, 3.05) is 0 Å². The van der Waals surface area contributed by atoms with Crippen LogP contribution in [0.4, 0.5) is 0 Å². The molecule has 0 aliphatic heterocycles. The molecule has 0 heterocycles. The van der Waals surface area contributed by atoms with Gasteiger partial charge in [0.25, 0.3) is 0 Å². The molecule has 1 fully saturated rings. The molecule has 20 heavy (non-hydrogen) atoms. The molecule has 1 aliphatic rings. The van der Waals surface area contributed by atoms with Crippen molar-refractivity contribution in [2.24, 2.45) is 5.92 Å². The van der Waals surface area contributed by atoms with Crippen molar-refractivity contribution in [1.29, 1.82) is 0 Å². The summed E-state index contributed by atoms with van der Waals surface area (Å²) < 4.78 is 6.00. The zero-order valence-electron chi connectivity index (χ0n) is 12.3. The fourth-order valence-electron chi connectivity index (χ4n) is 2.74. The first-order chi connectivity index (χ1) is 9.81. The van der Waals surface area contributed by atoms with E-state index >= 15 is 0 Å². The van der Waals surface area contributed by atoms with Crippen LogP contribution in [0, 0.1) is 5.92 Å². The van der Waals surface area contributed by atoms with Crippen molar-refractivity contribution in [1.82, 2.24) is 0 Å². The topological polar surface area (TPSA) is 26.3 Å². The molecule has 2 heteroatoms. The number of aldehydes is 1. The molecular formula is C18H24O2. The summed E-state index contributed by atoms with van der Waals surface area (Å²) >= 11 is 0. The van der Waals surface area contributed by atoms with Gasteiger partial charge in [-0.3, -0.25) is 4.79 Å². The average molecular weight is 272 g/mol. The summed E-state index contributed by atoms with van der Waals surface area (Å²) in [5.74, 6) is 0.559. The van der Waals surface area contributed by atoms with Crippen molar-refractivity contribution in [3.8, 4) is 0 Å². The zero-order valence-corrected chi connectivity index (χ0v) is 12.3. The molecule has 0 aromatic heterocycles.